The number of hydrogen-bond donors (Lipinski definition) is 3. The minimum atomic E-state index is -4.49. The maximum absolute atomic E-state index is 13.5. The van der Waals surface area contributed by atoms with Crippen molar-refractivity contribution in [2.75, 3.05) is 49.7 Å². The molecule has 2 aromatic carbocycles. The van der Waals surface area contributed by atoms with Gasteiger partial charge in [0, 0.05) is 30.7 Å². The van der Waals surface area contributed by atoms with Gasteiger partial charge in [0.2, 0.25) is 5.88 Å². The number of H-pyrrole nitrogens is 1. The number of aromatic nitrogens is 2. The van der Waals surface area contributed by atoms with E-state index in [4.69, 9.17) is 14.2 Å². The average molecular weight is 609 g/mol. The first-order valence-corrected chi connectivity index (χ1v) is 15.0. The van der Waals surface area contributed by atoms with Crippen LogP contribution in [0.4, 0.5) is 22.7 Å². The summed E-state index contributed by atoms with van der Waals surface area (Å²) < 4.78 is 45.4. The van der Waals surface area contributed by atoms with Gasteiger partial charge in [0.25, 0.3) is 21.6 Å². The maximum Gasteiger partial charge on any atom is 0.293 e. The number of nitrogens with zero attached hydrogens (tertiary/aromatic N) is 3. The fourth-order valence-corrected chi connectivity index (χ4v) is 6.00. The second-order valence-corrected chi connectivity index (χ2v) is 11.6. The van der Waals surface area contributed by atoms with Crippen LogP contribution in [0.1, 0.15) is 16.8 Å². The Balaban J connectivity index is 1.26. The molecule has 224 valence electrons. The van der Waals surface area contributed by atoms with E-state index >= 15 is 0 Å². The summed E-state index contributed by atoms with van der Waals surface area (Å²) >= 11 is 0. The zero-order valence-corrected chi connectivity index (χ0v) is 23.6. The van der Waals surface area contributed by atoms with Crippen LogP contribution >= 0.6 is 0 Å². The minimum absolute atomic E-state index is 0.0931. The first-order valence-electron chi connectivity index (χ1n) is 13.6. The summed E-state index contributed by atoms with van der Waals surface area (Å²) in [6.07, 6.45) is 2.09. The molecule has 2 aromatic heterocycles. The van der Waals surface area contributed by atoms with Crippen molar-refractivity contribution in [2.24, 2.45) is 0 Å². The number of benzene rings is 2. The van der Waals surface area contributed by atoms with Crippen molar-refractivity contribution in [1.29, 1.82) is 0 Å². The SMILES string of the molecule is O=C(NS(=O)(=O)c1ccc(NC[C@H]2COCCO2)c([N+](=O)[O-])c1)c1ccccc1N1CCCOc2nc3[nH]ccc3cc21. The van der Waals surface area contributed by atoms with Crippen molar-refractivity contribution in [3.8, 4) is 5.88 Å². The highest BCUT2D eigenvalue weighted by atomic mass is 32.2. The number of para-hydroxylation sites is 1. The summed E-state index contributed by atoms with van der Waals surface area (Å²) in [5.41, 5.74) is 1.49. The number of nitrogens with one attached hydrogen (secondary N) is 3. The van der Waals surface area contributed by atoms with Crippen molar-refractivity contribution < 1.29 is 32.3 Å². The fraction of sp³-hybridized carbons (Fsp3) is 0.286. The van der Waals surface area contributed by atoms with Crippen LogP contribution in [0, 0.1) is 10.1 Å². The largest absolute Gasteiger partial charge is 0.476 e. The lowest BCUT2D eigenvalue weighted by atomic mass is 10.1. The van der Waals surface area contributed by atoms with Gasteiger partial charge < -0.3 is 29.4 Å². The molecule has 0 aliphatic carbocycles. The van der Waals surface area contributed by atoms with E-state index in [0.717, 1.165) is 11.5 Å². The Morgan fingerprint density at radius 3 is 2.79 bits per heavy atom. The lowest BCUT2D eigenvalue weighted by Gasteiger charge is -2.25. The number of ether oxygens (including phenoxy) is 3. The number of hydrogen-bond acceptors (Lipinski definition) is 11. The van der Waals surface area contributed by atoms with Gasteiger partial charge in [0.1, 0.15) is 17.0 Å². The molecule has 14 nitrogen and oxygen atoms in total. The topological polar surface area (TPSA) is 178 Å². The molecule has 1 fully saturated rings. The molecule has 6 rings (SSSR count). The number of amides is 1. The molecule has 3 N–H and O–H groups in total. The molecule has 0 spiro atoms. The van der Waals surface area contributed by atoms with Crippen LogP contribution < -0.4 is 19.7 Å². The third-order valence-electron chi connectivity index (χ3n) is 7.08. The molecule has 0 saturated carbocycles. The summed E-state index contributed by atoms with van der Waals surface area (Å²) in [5.74, 6) is -0.504. The van der Waals surface area contributed by atoms with Gasteiger partial charge in [-0.15, -0.1) is 0 Å². The Labute approximate surface area is 246 Å². The van der Waals surface area contributed by atoms with Gasteiger partial charge in [-0.2, -0.15) is 4.98 Å². The molecule has 2 aliphatic rings. The molecular weight excluding hydrogens is 580 g/mol. The van der Waals surface area contributed by atoms with Gasteiger partial charge in [0.05, 0.1) is 53.6 Å². The van der Waals surface area contributed by atoms with Gasteiger partial charge in [0.15, 0.2) is 0 Å². The van der Waals surface area contributed by atoms with Gasteiger partial charge in [-0.3, -0.25) is 14.9 Å². The number of nitro groups is 1. The second-order valence-electron chi connectivity index (χ2n) is 9.92. The lowest BCUT2D eigenvalue weighted by molar-refractivity contribution is -0.384. The molecule has 0 radical (unpaired) electrons. The van der Waals surface area contributed by atoms with Crippen molar-refractivity contribution in [3.05, 3.63) is 76.5 Å². The standard InChI is InChI=1S/C28H28N6O8S/c35-27(32-43(38,39)20-6-7-22(24(15-20)34(36)37)30-16-19-17-40-12-13-41-19)21-4-1-2-5-23(21)33-10-3-11-42-28-25(33)14-18-8-9-29-26(18)31-28/h1-2,4-9,14-15,19,30H,3,10-13,16-17H2,(H,29,31)(H,32,35)/t19-/m0/s1. The van der Waals surface area contributed by atoms with E-state index in [-0.39, 0.29) is 23.9 Å². The maximum atomic E-state index is 13.5. The average Bonchev–Trinajstić information content (AvgIpc) is 3.37. The first kappa shape index (κ1) is 28.4. The van der Waals surface area contributed by atoms with Crippen LogP contribution in [0.15, 0.2) is 65.7 Å². The van der Waals surface area contributed by atoms with Crippen LogP contribution in [0.5, 0.6) is 5.88 Å². The minimum Gasteiger partial charge on any atom is -0.476 e. The molecular formula is C28H28N6O8S. The number of nitro benzene ring substituents is 1. The van der Waals surface area contributed by atoms with Crippen molar-refractivity contribution >= 4 is 49.7 Å². The highest BCUT2D eigenvalue weighted by molar-refractivity contribution is 7.90. The number of sulfonamides is 1. The van der Waals surface area contributed by atoms with Crippen molar-refractivity contribution in [3.63, 3.8) is 0 Å². The molecule has 2 aliphatic heterocycles. The Kier molecular flexibility index (Phi) is 7.84. The third kappa shape index (κ3) is 5.95. The van der Waals surface area contributed by atoms with Gasteiger partial charge >= 0.3 is 0 Å². The molecule has 43 heavy (non-hydrogen) atoms. The molecule has 1 atom stereocenters. The van der Waals surface area contributed by atoms with Gasteiger partial charge in [-0.25, -0.2) is 13.1 Å². The monoisotopic (exact) mass is 608 g/mol. The van der Waals surface area contributed by atoms with E-state index in [9.17, 15) is 23.3 Å². The molecule has 15 heteroatoms. The zero-order chi connectivity index (χ0) is 30.0. The quantitative estimate of drug-likeness (QED) is 0.197. The molecule has 1 saturated heterocycles. The highest BCUT2D eigenvalue weighted by Crippen LogP contribution is 2.38. The summed E-state index contributed by atoms with van der Waals surface area (Å²) in [6.45, 7) is 2.37. The molecule has 0 unspecified atom stereocenters. The molecule has 1 amide bonds. The van der Waals surface area contributed by atoms with Gasteiger partial charge in [-0.1, -0.05) is 12.1 Å². The zero-order valence-electron chi connectivity index (χ0n) is 22.8. The van der Waals surface area contributed by atoms with Crippen LogP contribution in [0.2, 0.25) is 0 Å². The predicted octanol–water partition coefficient (Wildman–Crippen LogP) is 3.34. The fourth-order valence-electron chi connectivity index (χ4n) is 5.01. The second kappa shape index (κ2) is 11.9. The first-order chi connectivity index (χ1) is 20.8. The Bertz CT molecular complexity index is 1790. The Morgan fingerprint density at radius 2 is 1.98 bits per heavy atom. The van der Waals surface area contributed by atoms with E-state index in [1.165, 1.54) is 18.2 Å². The van der Waals surface area contributed by atoms with Gasteiger partial charge in [-0.05, 0) is 42.8 Å². The van der Waals surface area contributed by atoms with E-state index < -0.39 is 31.4 Å². The number of carbonyl (C=O) groups is 1. The van der Waals surface area contributed by atoms with E-state index in [2.05, 4.69) is 20.0 Å². The number of rotatable bonds is 8. The smallest absolute Gasteiger partial charge is 0.293 e. The van der Waals surface area contributed by atoms with Crippen LogP contribution in [0.3, 0.4) is 0 Å². The summed E-state index contributed by atoms with van der Waals surface area (Å²) in [5, 5.41) is 15.6. The lowest BCUT2D eigenvalue weighted by Crippen LogP contribution is -2.34. The summed E-state index contributed by atoms with van der Waals surface area (Å²) in [7, 11) is -4.49. The van der Waals surface area contributed by atoms with Crippen LogP contribution in [0.25, 0.3) is 11.0 Å². The highest BCUT2D eigenvalue weighted by Gasteiger charge is 2.28. The Morgan fingerprint density at radius 1 is 1.12 bits per heavy atom. The number of carbonyl (C=O) groups excluding carboxylic acids is 1. The number of fused-ring (bicyclic) bond motifs is 2. The Hall–Kier alpha value is -4.73. The van der Waals surface area contributed by atoms with E-state index in [0.29, 0.717) is 62.3 Å². The van der Waals surface area contributed by atoms with Crippen molar-refractivity contribution in [1.82, 2.24) is 14.7 Å². The normalized spacial score (nSPS) is 17.0. The van der Waals surface area contributed by atoms with Crippen molar-refractivity contribution in [2.45, 2.75) is 17.4 Å². The van der Waals surface area contributed by atoms with Crippen LogP contribution in [-0.2, 0) is 19.5 Å². The molecule has 4 aromatic rings. The van der Waals surface area contributed by atoms with E-state index in [1.54, 1.807) is 24.4 Å². The third-order valence-corrected chi connectivity index (χ3v) is 8.41. The van der Waals surface area contributed by atoms with E-state index in [1.807, 2.05) is 17.0 Å². The number of pyridine rings is 1. The molecule has 4 heterocycles. The summed E-state index contributed by atoms with van der Waals surface area (Å²) in [6, 6.07) is 13.8. The van der Waals surface area contributed by atoms with Crippen LogP contribution in [-0.4, -0.2) is 74.8 Å². The number of anilines is 3. The number of aromatic amines is 1. The molecule has 0 bridgehead atoms. The predicted molar refractivity (Wildman–Crippen MR) is 156 cm³/mol. The summed E-state index contributed by atoms with van der Waals surface area (Å²) in [4.78, 5) is 33.7.